The van der Waals surface area contributed by atoms with Crippen molar-refractivity contribution in [2.45, 2.75) is 39.5 Å². The number of urea groups is 1. The van der Waals surface area contributed by atoms with Gasteiger partial charge in [-0.05, 0) is 30.0 Å². The highest BCUT2D eigenvalue weighted by atomic mass is 16.2. The molecule has 0 radical (unpaired) electrons. The highest BCUT2D eigenvalue weighted by Gasteiger charge is 2.01. The van der Waals surface area contributed by atoms with E-state index in [0.29, 0.717) is 5.92 Å². The zero-order chi connectivity index (χ0) is 12.7. The Labute approximate surface area is 103 Å². The molecule has 1 aromatic rings. The largest absolute Gasteiger partial charge is 0.345 e. The number of rotatable bonds is 4. The maximum absolute atomic E-state index is 11.4. The molecule has 0 bridgehead atoms. The number of benzene rings is 1. The lowest BCUT2D eigenvalue weighted by Gasteiger charge is -2.06. The summed E-state index contributed by atoms with van der Waals surface area (Å²) in [5.74, 6) is 0.502. The molecule has 17 heavy (non-hydrogen) atoms. The Hall–Kier alpha value is -1.64. The minimum absolute atomic E-state index is 0.309. The number of aliphatic imine (C=N–C) groups is 1. The number of hydrogen-bond acceptors (Lipinski definition) is 1. The Bertz CT molecular complexity index is 380. The second-order valence-corrected chi connectivity index (χ2v) is 4.31. The maximum atomic E-state index is 11.4. The molecule has 0 spiro atoms. The summed E-state index contributed by atoms with van der Waals surface area (Å²) in [7, 11) is 0. The van der Waals surface area contributed by atoms with Crippen molar-refractivity contribution >= 4 is 17.9 Å². The second kappa shape index (κ2) is 6.84. The molecule has 0 aromatic heterocycles. The molecule has 0 saturated carbocycles. The summed E-state index contributed by atoms with van der Waals surface area (Å²) < 4.78 is 0. The van der Waals surface area contributed by atoms with E-state index in [9.17, 15) is 4.79 Å². The average Bonchev–Trinajstić information content (AvgIpc) is 2.30. The first-order chi connectivity index (χ1) is 8.13. The lowest BCUT2D eigenvalue weighted by Crippen LogP contribution is -2.06. The lowest BCUT2D eigenvalue weighted by atomic mass is 10.0. The van der Waals surface area contributed by atoms with E-state index in [1.807, 2.05) is 24.3 Å². The molecule has 0 atom stereocenters. The number of carbonyl (C=O) groups excluding carboxylic acids is 1. The molecule has 2 amide bonds. The van der Waals surface area contributed by atoms with E-state index in [1.54, 1.807) is 6.21 Å². The van der Waals surface area contributed by atoms with Gasteiger partial charge in [0.05, 0.1) is 0 Å². The molecule has 0 aliphatic heterocycles. The molecule has 0 saturated heterocycles. The molecule has 0 aliphatic rings. The van der Waals surface area contributed by atoms with Crippen LogP contribution in [0.15, 0.2) is 29.3 Å². The van der Waals surface area contributed by atoms with Crippen LogP contribution in [0.3, 0.4) is 0 Å². The molecule has 0 aliphatic carbocycles. The molecule has 1 N–H and O–H groups in total. The summed E-state index contributed by atoms with van der Waals surface area (Å²) in [6, 6.07) is 7.55. The molecule has 1 aromatic carbocycles. The third-order valence-electron chi connectivity index (χ3n) is 2.45. The van der Waals surface area contributed by atoms with Gasteiger partial charge in [-0.15, -0.1) is 0 Å². The average molecular weight is 232 g/mol. The summed E-state index contributed by atoms with van der Waals surface area (Å²) in [6.07, 6.45) is 3.48. The van der Waals surface area contributed by atoms with Crippen LogP contribution < -0.4 is 5.32 Å². The quantitative estimate of drug-likeness (QED) is 0.776. The summed E-state index contributed by atoms with van der Waals surface area (Å²) in [4.78, 5) is 15.2. The van der Waals surface area contributed by atoms with Crippen molar-refractivity contribution < 1.29 is 4.79 Å². The van der Waals surface area contributed by atoms with Crippen LogP contribution in [0.4, 0.5) is 10.5 Å². The van der Waals surface area contributed by atoms with E-state index in [0.717, 1.165) is 18.5 Å². The van der Waals surface area contributed by atoms with E-state index in [4.69, 9.17) is 0 Å². The minimum Gasteiger partial charge on any atom is -0.306 e. The Morgan fingerprint density at radius 3 is 2.53 bits per heavy atom. The van der Waals surface area contributed by atoms with E-state index >= 15 is 0 Å². The van der Waals surface area contributed by atoms with Crippen molar-refractivity contribution in [3.05, 3.63) is 29.8 Å². The van der Waals surface area contributed by atoms with Gasteiger partial charge in [-0.2, -0.15) is 0 Å². The third kappa shape index (κ3) is 4.81. The number of carbonyl (C=O) groups is 1. The van der Waals surface area contributed by atoms with Gasteiger partial charge in [0.25, 0.3) is 0 Å². The fourth-order valence-corrected chi connectivity index (χ4v) is 1.38. The highest BCUT2D eigenvalue weighted by molar-refractivity contribution is 5.94. The standard InChI is InChI=1S/C14H20N2O/c1-4-5-10-15-14(17)16-13-8-6-12(7-9-13)11(2)3/h6-11H,4-5H2,1-3H3,(H,16,17). The normalized spacial score (nSPS) is 11.1. The molecule has 1 rings (SSSR count). The van der Waals surface area contributed by atoms with Crippen molar-refractivity contribution in [3.63, 3.8) is 0 Å². The van der Waals surface area contributed by atoms with Crippen LogP contribution in [0.5, 0.6) is 0 Å². The van der Waals surface area contributed by atoms with Gasteiger partial charge in [-0.3, -0.25) is 0 Å². The summed E-state index contributed by atoms with van der Waals surface area (Å²) in [5, 5.41) is 2.73. The van der Waals surface area contributed by atoms with E-state index < -0.39 is 0 Å². The molecule has 92 valence electrons. The van der Waals surface area contributed by atoms with Crippen molar-refractivity contribution in [2.24, 2.45) is 4.99 Å². The van der Waals surface area contributed by atoms with Crippen molar-refractivity contribution in [3.8, 4) is 0 Å². The molecule has 3 heteroatoms. The van der Waals surface area contributed by atoms with Crippen molar-refractivity contribution in [2.75, 3.05) is 5.32 Å². The Kier molecular flexibility index (Phi) is 5.40. The Morgan fingerprint density at radius 1 is 1.35 bits per heavy atom. The monoisotopic (exact) mass is 232 g/mol. The molecule has 0 heterocycles. The van der Waals surface area contributed by atoms with Crippen LogP contribution >= 0.6 is 0 Å². The van der Waals surface area contributed by atoms with E-state index in [2.05, 4.69) is 31.1 Å². The number of hydrogen-bond donors (Lipinski definition) is 1. The summed E-state index contributed by atoms with van der Waals surface area (Å²) >= 11 is 0. The number of unbranched alkanes of at least 4 members (excludes halogenated alkanes) is 1. The first kappa shape index (κ1) is 13.4. The van der Waals surface area contributed by atoms with Crippen LogP contribution in [0.2, 0.25) is 0 Å². The van der Waals surface area contributed by atoms with Crippen LogP contribution in [-0.4, -0.2) is 12.2 Å². The zero-order valence-electron chi connectivity index (χ0n) is 10.7. The SMILES string of the molecule is CCCC=NC(=O)Nc1ccc(C(C)C)cc1. The van der Waals surface area contributed by atoms with Crippen molar-refractivity contribution in [1.82, 2.24) is 0 Å². The summed E-state index contributed by atoms with van der Waals surface area (Å²) in [5.41, 5.74) is 2.05. The third-order valence-corrected chi connectivity index (χ3v) is 2.45. The topological polar surface area (TPSA) is 41.5 Å². The van der Waals surface area contributed by atoms with Gasteiger partial charge in [0.15, 0.2) is 0 Å². The van der Waals surface area contributed by atoms with Crippen LogP contribution in [0.1, 0.15) is 45.1 Å². The first-order valence-electron chi connectivity index (χ1n) is 6.07. The molecule has 3 nitrogen and oxygen atoms in total. The van der Waals surface area contributed by atoms with Gasteiger partial charge >= 0.3 is 6.03 Å². The molecular formula is C14H20N2O. The second-order valence-electron chi connectivity index (χ2n) is 4.31. The van der Waals surface area contributed by atoms with Crippen LogP contribution in [0, 0.1) is 0 Å². The first-order valence-corrected chi connectivity index (χ1v) is 6.07. The van der Waals surface area contributed by atoms with Gasteiger partial charge in [0.2, 0.25) is 0 Å². The Balaban J connectivity index is 2.54. The van der Waals surface area contributed by atoms with Crippen molar-refractivity contribution in [1.29, 1.82) is 0 Å². The smallest absolute Gasteiger partial charge is 0.306 e. The lowest BCUT2D eigenvalue weighted by molar-refractivity contribution is 0.259. The van der Waals surface area contributed by atoms with Crippen LogP contribution in [0.25, 0.3) is 0 Å². The fourth-order valence-electron chi connectivity index (χ4n) is 1.38. The fraction of sp³-hybridized carbons (Fsp3) is 0.429. The minimum atomic E-state index is -0.309. The molecule has 0 fully saturated rings. The number of nitrogens with zero attached hydrogens (tertiary/aromatic N) is 1. The number of nitrogens with one attached hydrogen (secondary N) is 1. The van der Waals surface area contributed by atoms with E-state index in [-0.39, 0.29) is 6.03 Å². The van der Waals surface area contributed by atoms with Gasteiger partial charge in [0, 0.05) is 11.9 Å². The predicted octanol–water partition coefficient (Wildman–Crippen LogP) is 4.21. The highest BCUT2D eigenvalue weighted by Crippen LogP contribution is 2.17. The number of anilines is 1. The summed E-state index contributed by atoms with van der Waals surface area (Å²) in [6.45, 7) is 6.33. The maximum Gasteiger partial charge on any atom is 0.345 e. The van der Waals surface area contributed by atoms with Gasteiger partial charge < -0.3 is 5.32 Å². The number of amides is 2. The molecular weight excluding hydrogens is 212 g/mol. The van der Waals surface area contributed by atoms with Crippen LogP contribution in [-0.2, 0) is 0 Å². The van der Waals surface area contributed by atoms with E-state index in [1.165, 1.54) is 5.56 Å². The predicted molar refractivity (Wildman–Crippen MR) is 72.9 cm³/mol. The molecule has 0 unspecified atom stereocenters. The van der Waals surface area contributed by atoms with Gasteiger partial charge in [-0.1, -0.05) is 39.3 Å². The van der Waals surface area contributed by atoms with Gasteiger partial charge in [-0.25, -0.2) is 9.79 Å². The Morgan fingerprint density at radius 2 is 2.00 bits per heavy atom. The van der Waals surface area contributed by atoms with Gasteiger partial charge in [0.1, 0.15) is 0 Å². The zero-order valence-corrected chi connectivity index (χ0v) is 10.7.